The second-order valence-corrected chi connectivity index (χ2v) is 5.81. The van der Waals surface area contributed by atoms with Crippen molar-refractivity contribution in [3.8, 4) is 11.5 Å². The number of rotatable bonds is 6. The van der Waals surface area contributed by atoms with Gasteiger partial charge in [0.05, 0.1) is 20.3 Å². The van der Waals surface area contributed by atoms with Gasteiger partial charge in [0.1, 0.15) is 6.61 Å². The molecule has 0 saturated carbocycles. The van der Waals surface area contributed by atoms with Crippen molar-refractivity contribution in [1.82, 2.24) is 4.90 Å². The molecule has 3 rings (SSSR count). The van der Waals surface area contributed by atoms with Crippen LogP contribution in [0.2, 0.25) is 0 Å². The Labute approximate surface area is 132 Å². The van der Waals surface area contributed by atoms with Crippen molar-refractivity contribution < 1.29 is 18.9 Å². The van der Waals surface area contributed by atoms with Crippen LogP contribution in [0.4, 0.5) is 0 Å². The third kappa shape index (κ3) is 3.91. The van der Waals surface area contributed by atoms with Gasteiger partial charge in [0.25, 0.3) is 0 Å². The monoisotopic (exact) mass is 307 g/mol. The van der Waals surface area contributed by atoms with E-state index in [1.807, 2.05) is 24.3 Å². The standard InChI is InChI=1S/C17H25NO4/c1-19-15-6-2-3-7-16(15)20-10-9-18-8-4-5-14(13-18)17-21-11-12-22-17/h2-3,6-7,14,17H,4-5,8-13H2,1H3. The van der Waals surface area contributed by atoms with Crippen LogP contribution in [0.25, 0.3) is 0 Å². The molecular formula is C17H25NO4. The molecule has 0 bridgehead atoms. The highest BCUT2D eigenvalue weighted by atomic mass is 16.7. The zero-order valence-corrected chi connectivity index (χ0v) is 13.2. The van der Waals surface area contributed by atoms with Gasteiger partial charge >= 0.3 is 0 Å². The molecule has 2 aliphatic heterocycles. The van der Waals surface area contributed by atoms with E-state index in [1.165, 1.54) is 12.8 Å². The Morgan fingerprint density at radius 2 is 1.95 bits per heavy atom. The van der Waals surface area contributed by atoms with E-state index < -0.39 is 0 Å². The van der Waals surface area contributed by atoms with Gasteiger partial charge in [-0.05, 0) is 31.5 Å². The molecule has 2 saturated heterocycles. The summed E-state index contributed by atoms with van der Waals surface area (Å²) in [6.07, 6.45) is 2.38. The van der Waals surface area contributed by atoms with Crippen molar-refractivity contribution in [2.24, 2.45) is 5.92 Å². The third-order valence-corrected chi connectivity index (χ3v) is 4.31. The molecule has 122 valence electrons. The minimum Gasteiger partial charge on any atom is -0.493 e. The number of benzene rings is 1. The summed E-state index contributed by atoms with van der Waals surface area (Å²) < 4.78 is 22.5. The summed E-state index contributed by atoms with van der Waals surface area (Å²) in [5.41, 5.74) is 0. The first kappa shape index (κ1) is 15.6. The maximum atomic E-state index is 5.86. The maximum absolute atomic E-state index is 5.86. The minimum atomic E-state index is -0.00191. The van der Waals surface area contributed by atoms with Gasteiger partial charge in [-0.2, -0.15) is 0 Å². The normalized spacial score (nSPS) is 23.6. The van der Waals surface area contributed by atoms with E-state index in [4.69, 9.17) is 18.9 Å². The number of para-hydroxylation sites is 2. The van der Waals surface area contributed by atoms with E-state index in [0.717, 1.165) is 44.3 Å². The molecule has 0 aliphatic carbocycles. The summed E-state index contributed by atoms with van der Waals surface area (Å²) >= 11 is 0. The van der Waals surface area contributed by atoms with Crippen molar-refractivity contribution >= 4 is 0 Å². The van der Waals surface area contributed by atoms with E-state index in [-0.39, 0.29) is 6.29 Å². The SMILES string of the molecule is COc1ccccc1OCCN1CCCC(C2OCCO2)C1. The molecule has 22 heavy (non-hydrogen) atoms. The van der Waals surface area contributed by atoms with Crippen molar-refractivity contribution in [3.05, 3.63) is 24.3 Å². The van der Waals surface area contributed by atoms with Gasteiger partial charge in [0.2, 0.25) is 0 Å². The van der Waals surface area contributed by atoms with Gasteiger partial charge in [-0.3, -0.25) is 4.90 Å². The van der Waals surface area contributed by atoms with E-state index in [9.17, 15) is 0 Å². The number of likely N-dealkylation sites (tertiary alicyclic amines) is 1. The van der Waals surface area contributed by atoms with Gasteiger partial charge in [0.15, 0.2) is 17.8 Å². The summed E-state index contributed by atoms with van der Waals surface area (Å²) in [4.78, 5) is 2.44. The quantitative estimate of drug-likeness (QED) is 0.805. The first-order chi connectivity index (χ1) is 10.9. The summed E-state index contributed by atoms with van der Waals surface area (Å²) in [5, 5.41) is 0. The zero-order valence-electron chi connectivity index (χ0n) is 13.2. The molecule has 2 fully saturated rings. The van der Waals surface area contributed by atoms with Gasteiger partial charge in [0, 0.05) is 19.0 Å². The van der Waals surface area contributed by atoms with Crippen LogP contribution in [0.15, 0.2) is 24.3 Å². The lowest BCUT2D eigenvalue weighted by Crippen LogP contribution is -2.42. The maximum Gasteiger partial charge on any atom is 0.161 e. The Morgan fingerprint density at radius 1 is 1.18 bits per heavy atom. The van der Waals surface area contributed by atoms with Crippen molar-refractivity contribution in [2.75, 3.05) is 46.6 Å². The lowest BCUT2D eigenvalue weighted by atomic mass is 9.97. The van der Waals surface area contributed by atoms with Crippen LogP contribution in [0.5, 0.6) is 11.5 Å². The van der Waals surface area contributed by atoms with Crippen molar-refractivity contribution in [2.45, 2.75) is 19.1 Å². The number of ether oxygens (including phenoxy) is 4. The molecular weight excluding hydrogens is 282 g/mol. The van der Waals surface area contributed by atoms with E-state index in [0.29, 0.717) is 12.5 Å². The average Bonchev–Trinajstić information content (AvgIpc) is 3.10. The third-order valence-electron chi connectivity index (χ3n) is 4.31. The minimum absolute atomic E-state index is 0.00191. The topological polar surface area (TPSA) is 40.2 Å². The predicted molar refractivity (Wildman–Crippen MR) is 83.3 cm³/mol. The Kier molecular flexibility index (Phi) is 5.53. The fraction of sp³-hybridized carbons (Fsp3) is 0.647. The van der Waals surface area contributed by atoms with Crippen LogP contribution in [0.3, 0.4) is 0 Å². The van der Waals surface area contributed by atoms with Crippen LogP contribution in [0, 0.1) is 5.92 Å². The average molecular weight is 307 g/mol. The molecule has 2 heterocycles. The fourth-order valence-electron chi connectivity index (χ4n) is 3.19. The summed E-state index contributed by atoms with van der Waals surface area (Å²) in [6, 6.07) is 7.77. The molecule has 1 unspecified atom stereocenters. The van der Waals surface area contributed by atoms with Crippen molar-refractivity contribution in [1.29, 1.82) is 0 Å². The number of hydrogen-bond acceptors (Lipinski definition) is 5. The molecule has 1 atom stereocenters. The molecule has 5 nitrogen and oxygen atoms in total. The lowest BCUT2D eigenvalue weighted by molar-refractivity contribution is -0.100. The number of methoxy groups -OCH3 is 1. The molecule has 0 spiro atoms. The number of nitrogens with zero attached hydrogens (tertiary/aromatic N) is 1. The molecule has 2 aliphatic rings. The second kappa shape index (κ2) is 7.81. The van der Waals surface area contributed by atoms with Crippen LogP contribution in [0.1, 0.15) is 12.8 Å². The van der Waals surface area contributed by atoms with Crippen LogP contribution >= 0.6 is 0 Å². The summed E-state index contributed by atoms with van der Waals surface area (Å²) in [5.74, 6) is 2.08. The Bertz CT molecular complexity index is 462. The van der Waals surface area contributed by atoms with Gasteiger partial charge in [-0.1, -0.05) is 12.1 Å². The van der Waals surface area contributed by atoms with Gasteiger partial charge < -0.3 is 18.9 Å². The van der Waals surface area contributed by atoms with E-state index in [1.54, 1.807) is 7.11 Å². The Balaban J connectivity index is 1.45. The Morgan fingerprint density at radius 3 is 2.73 bits per heavy atom. The highest BCUT2D eigenvalue weighted by Gasteiger charge is 2.30. The molecule has 0 radical (unpaired) electrons. The first-order valence-electron chi connectivity index (χ1n) is 8.08. The first-order valence-corrected chi connectivity index (χ1v) is 8.08. The van der Waals surface area contributed by atoms with Crippen LogP contribution < -0.4 is 9.47 Å². The number of hydrogen-bond donors (Lipinski definition) is 0. The molecule has 0 N–H and O–H groups in total. The van der Waals surface area contributed by atoms with Gasteiger partial charge in [-0.15, -0.1) is 0 Å². The van der Waals surface area contributed by atoms with Crippen LogP contribution in [-0.2, 0) is 9.47 Å². The molecule has 0 amide bonds. The number of piperidine rings is 1. The van der Waals surface area contributed by atoms with Gasteiger partial charge in [-0.25, -0.2) is 0 Å². The summed E-state index contributed by atoms with van der Waals surface area (Å²) in [6.45, 7) is 5.20. The molecule has 1 aromatic carbocycles. The lowest BCUT2D eigenvalue weighted by Gasteiger charge is -2.34. The van der Waals surface area contributed by atoms with Crippen LogP contribution in [-0.4, -0.2) is 57.8 Å². The largest absolute Gasteiger partial charge is 0.493 e. The fourth-order valence-corrected chi connectivity index (χ4v) is 3.19. The van der Waals surface area contributed by atoms with E-state index >= 15 is 0 Å². The highest BCUT2D eigenvalue weighted by molar-refractivity contribution is 5.39. The molecule has 5 heteroatoms. The zero-order chi connectivity index (χ0) is 15.2. The molecule has 0 aromatic heterocycles. The summed E-state index contributed by atoms with van der Waals surface area (Å²) in [7, 11) is 1.67. The van der Waals surface area contributed by atoms with E-state index in [2.05, 4.69) is 4.90 Å². The second-order valence-electron chi connectivity index (χ2n) is 5.81. The Hall–Kier alpha value is -1.30. The molecule has 1 aromatic rings. The van der Waals surface area contributed by atoms with Crippen molar-refractivity contribution in [3.63, 3.8) is 0 Å². The smallest absolute Gasteiger partial charge is 0.161 e. The highest BCUT2D eigenvalue weighted by Crippen LogP contribution is 2.27. The predicted octanol–water partition coefficient (Wildman–Crippen LogP) is 2.16.